The number of amides is 1. The molecule has 0 atom stereocenters. The second kappa shape index (κ2) is 5.82. The zero-order chi connectivity index (χ0) is 13.0. The van der Waals surface area contributed by atoms with Gasteiger partial charge in [-0.05, 0) is 25.8 Å². The highest BCUT2D eigenvalue weighted by atomic mass is 32.1. The highest BCUT2D eigenvalue weighted by Crippen LogP contribution is 2.33. The second-order valence-electron chi connectivity index (χ2n) is 3.60. The highest BCUT2D eigenvalue weighted by molar-refractivity contribution is 7.16. The molecule has 1 aromatic rings. The van der Waals surface area contributed by atoms with E-state index in [9.17, 15) is 9.59 Å². The van der Waals surface area contributed by atoms with Gasteiger partial charge in [-0.15, -0.1) is 11.3 Å². The number of hydrogen-bond acceptors (Lipinski definition) is 4. The van der Waals surface area contributed by atoms with Crippen LogP contribution in [0.2, 0.25) is 0 Å². The number of carbonyl (C=O) groups is 2. The van der Waals surface area contributed by atoms with E-state index in [2.05, 4.69) is 5.32 Å². The monoisotopic (exact) mass is 255 g/mol. The summed E-state index contributed by atoms with van der Waals surface area (Å²) in [7, 11) is 0. The average Bonchev–Trinajstić information content (AvgIpc) is 2.53. The summed E-state index contributed by atoms with van der Waals surface area (Å²) in [5.74, 6) is -0.545. The zero-order valence-electron chi connectivity index (χ0n) is 10.5. The Morgan fingerprint density at radius 1 is 1.35 bits per heavy atom. The summed E-state index contributed by atoms with van der Waals surface area (Å²) in [5.41, 5.74) is 1.46. The lowest BCUT2D eigenvalue weighted by Crippen LogP contribution is -2.12. The number of anilines is 1. The number of thiophene rings is 1. The average molecular weight is 255 g/mol. The molecule has 0 saturated heterocycles. The Kier molecular flexibility index (Phi) is 4.69. The molecule has 0 aliphatic rings. The highest BCUT2D eigenvalue weighted by Gasteiger charge is 2.22. The Balaban J connectivity index is 3.20. The number of carbonyl (C=O) groups excluding carboxylic acids is 2. The normalized spacial score (nSPS) is 10.1. The minimum Gasteiger partial charge on any atom is -0.462 e. The summed E-state index contributed by atoms with van der Waals surface area (Å²) < 4.78 is 5.02. The van der Waals surface area contributed by atoms with Gasteiger partial charge in [-0.1, -0.05) is 6.92 Å². The van der Waals surface area contributed by atoms with Crippen molar-refractivity contribution in [3.8, 4) is 0 Å². The summed E-state index contributed by atoms with van der Waals surface area (Å²) in [6, 6.07) is 0. The molecule has 0 radical (unpaired) electrons. The third-order valence-corrected chi connectivity index (χ3v) is 3.39. The minimum atomic E-state index is -0.363. The molecule has 17 heavy (non-hydrogen) atoms. The molecular formula is C12H17NO3S. The predicted molar refractivity (Wildman–Crippen MR) is 68.7 cm³/mol. The quantitative estimate of drug-likeness (QED) is 0.842. The summed E-state index contributed by atoms with van der Waals surface area (Å²) in [6.45, 7) is 7.44. The Morgan fingerprint density at radius 3 is 2.47 bits per heavy atom. The zero-order valence-corrected chi connectivity index (χ0v) is 11.4. The van der Waals surface area contributed by atoms with E-state index in [1.165, 1.54) is 18.3 Å². The molecule has 1 N–H and O–H groups in total. The number of ether oxygens (including phenoxy) is 1. The van der Waals surface area contributed by atoms with Gasteiger partial charge in [0.2, 0.25) is 5.91 Å². The van der Waals surface area contributed by atoms with E-state index in [4.69, 9.17) is 4.74 Å². The minimum absolute atomic E-state index is 0.181. The van der Waals surface area contributed by atoms with Gasteiger partial charge in [0.05, 0.1) is 12.2 Å². The van der Waals surface area contributed by atoms with Gasteiger partial charge < -0.3 is 10.1 Å². The number of hydrogen-bond donors (Lipinski definition) is 1. The van der Waals surface area contributed by atoms with Crippen molar-refractivity contribution < 1.29 is 14.3 Å². The molecule has 1 heterocycles. The summed E-state index contributed by atoms with van der Waals surface area (Å²) in [5, 5.41) is 3.28. The van der Waals surface area contributed by atoms with Crippen LogP contribution in [0, 0.1) is 6.92 Å². The smallest absolute Gasteiger partial charge is 0.341 e. The molecule has 1 rings (SSSR count). The lowest BCUT2D eigenvalue weighted by Gasteiger charge is -2.06. The number of esters is 1. The summed E-state index contributed by atoms with van der Waals surface area (Å²) in [4.78, 5) is 24.0. The molecule has 0 aromatic carbocycles. The molecule has 94 valence electrons. The van der Waals surface area contributed by atoms with E-state index >= 15 is 0 Å². The number of nitrogens with one attached hydrogen (secondary N) is 1. The van der Waals surface area contributed by atoms with Crippen LogP contribution in [0.15, 0.2) is 0 Å². The summed E-state index contributed by atoms with van der Waals surface area (Å²) >= 11 is 1.42. The van der Waals surface area contributed by atoms with Gasteiger partial charge >= 0.3 is 5.97 Å². The molecule has 4 nitrogen and oxygen atoms in total. The van der Waals surface area contributed by atoms with Gasteiger partial charge in [-0.3, -0.25) is 4.79 Å². The van der Waals surface area contributed by atoms with Crippen molar-refractivity contribution in [3.05, 3.63) is 16.0 Å². The fourth-order valence-electron chi connectivity index (χ4n) is 1.67. The molecule has 0 unspecified atom stereocenters. The van der Waals surface area contributed by atoms with Crippen molar-refractivity contribution in [3.63, 3.8) is 0 Å². The van der Waals surface area contributed by atoms with Crippen molar-refractivity contribution in [2.75, 3.05) is 11.9 Å². The molecule has 5 heteroatoms. The lowest BCUT2D eigenvalue weighted by molar-refractivity contribution is -0.114. The predicted octanol–water partition coefficient (Wildman–Crippen LogP) is 2.75. The largest absolute Gasteiger partial charge is 0.462 e. The van der Waals surface area contributed by atoms with Crippen LogP contribution in [-0.4, -0.2) is 18.5 Å². The van der Waals surface area contributed by atoms with Crippen LogP contribution in [0.5, 0.6) is 0 Å². The molecule has 0 spiro atoms. The maximum atomic E-state index is 11.9. The SMILES string of the molecule is CCOC(=O)c1c(NC(C)=O)sc(C)c1CC. The molecule has 0 fully saturated rings. The Hall–Kier alpha value is -1.36. The van der Waals surface area contributed by atoms with E-state index in [1.54, 1.807) is 6.92 Å². The van der Waals surface area contributed by atoms with Gasteiger partial charge in [0.15, 0.2) is 0 Å². The van der Waals surface area contributed by atoms with E-state index in [0.29, 0.717) is 17.2 Å². The van der Waals surface area contributed by atoms with Gasteiger partial charge in [0.25, 0.3) is 0 Å². The van der Waals surface area contributed by atoms with Crippen LogP contribution in [0.25, 0.3) is 0 Å². The maximum absolute atomic E-state index is 11.9. The van der Waals surface area contributed by atoms with Crippen LogP contribution < -0.4 is 5.32 Å². The first-order chi connectivity index (χ1) is 8.01. The molecule has 0 aliphatic heterocycles. The van der Waals surface area contributed by atoms with Gasteiger partial charge in [-0.25, -0.2) is 4.79 Å². The first kappa shape index (κ1) is 13.7. The number of aryl methyl sites for hydroxylation is 1. The van der Waals surface area contributed by atoms with E-state index in [1.807, 2.05) is 13.8 Å². The van der Waals surface area contributed by atoms with Crippen molar-refractivity contribution in [2.24, 2.45) is 0 Å². The first-order valence-electron chi connectivity index (χ1n) is 5.58. The molecule has 0 bridgehead atoms. The van der Waals surface area contributed by atoms with Crippen molar-refractivity contribution >= 4 is 28.2 Å². The molecule has 0 saturated carbocycles. The van der Waals surface area contributed by atoms with E-state index < -0.39 is 0 Å². The van der Waals surface area contributed by atoms with E-state index in [-0.39, 0.29) is 11.9 Å². The second-order valence-corrected chi connectivity index (χ2v) is 4.82. The van der Waals surface area contributed by atoms with E-state index in [0.717, 1.165) is 16.9 Å². The van der Waals surface area contributed by atoms with Crippen LogP contribution >= 0.6 is 11.3 Å². The van der Waals surface area contributed by atoms with Crippen LogP contribution in [-0.2, 0) is 16.0 Å². The van der Waals surface area contributed by atoms with Crippen molar-refractivity contribution in [1.82, 2.24) is 0 Å². The first-order valence-corrected chi connectivity index (χ1v) is 6.39. The Bertz CT molecular complexity index is 437. The molecule has 0 aliphatic carbocycles. The topological polar surface area (TPSA) is 55.4 Å². The summed E-state index contributed by atoms with van der Waals surface area (Å²) in [6.07, 6.45) is 0.746. The Labute approximate surface area is 105 Å². The number of rotatable bonds is 4. The van der Waals surface area contributed by atoms with Gasteiger partial charge in [0, 0.05) is 11.8 Å². The lowest BCUT2D eigenvalue weighted by atomic mass is 10.1. The van der Waals surface area contributed by atoms with Crippen molar-refractivity contribution in [1.29, 1.82) is 0 Å². The molecule has 1 aromatic heterocycles. The third-order valence-electron chi connectivity index (χ3n) is 2.33. The van der Waals surface area contributed by atoms with Gasteiger partial charge in [0.1, 0.15) is 5.00 Å². The van der Waals surface area contributed by atoms with Crippen LogP contribution in [0.1, 0.15) is 41.6 Å². The fourth-order valence-corrected chi connectivity index (χ4v) is 2.85. The van der Waals surface area contributed by atoms with Crippen LogP contribution in [0.3, 0.4) is 0 Å². The Morgan fingerprint density at radius 2 is 2.00 bits per heavy atom. The van der Waals surface area contributed by atoms with Crippen LogP contribution in [0.4, 0.5) is 5.00 Å². The van der Waals surface area contributed by atoms with Gasteiger partial charge in [-0.2, -0.15) is 0 Å². The third kappa shape index (κ3) is 3.06. The molecule has 1 amide bonds. The van der Waals surface area contributed by atoms with Crippen molar-refractivity contribution in [2.45, 2.75) is 34.1 Å². The standard InChI is InChI=1S/C12H17NO3S/c1-5-9-7(3)17-11(13-8(4)14)10(9)12(15)16-6-2/h5-6H2,1-4H3,(H,13,14). The fraction of sp³-hybridized carbons (Fsp3) is 0.500. The molecular weight excluding hydrogens is 238 g/mol. The maximum Gasteiger partial charge on any atom is 0.341 e.